The van der Waals surface area contributed by atoms with Gasteiger partial charge in [0, 0.05) is 37.3 Å². The third-order valence-electron chi connectivity index (χ3n) is 4.16. The third-order valence-corrected chi connectivity index (χ3v) is 5.53. The number of aromatic nitrogens is 1. The van der Waals surface area contributed by atoms with Gasteiger partial charge in [-0.15, -0.1) is 0 Å². The Hall–Kier alpha value is -1.08. The number of rotatable bonds is 5. The molecule has 1 unspecified atom stereocenters. The van der Waals surface area contributed by atoms with Crippen LogP contribution in [0.3, 0.4) is 0 Å². The highest BCUT2D eigenvalue weighted by Gasteiger charge is 2.35. The number of carboxylic acid groups (broad SMARTS) is 1. The monoisotopic (exact) mass is 402 g/mol. The van der Waals surface area contributed by atoms with Crippen molar-refractivity contribution < 1.29 is 36.2 Å². The zero-order valence-electron chi connectivity index (χ0n) is 13.7. The van der Waals surface area contributed by atoms with E-state index < -0.39 is 12.0 Å². The van der Waals surface area contributed by atoms with Crippen LogP contribution in [0.25, 0.3) is 0 Å². The zero-order valence-corrected chi connectivity index (χ0v) is 16.1. The summed E-state index contributed by atoms with van der Waals surface area (Å²) in [6.45, 7) is 4.48. The van der Waals surface area contributed by atoms with Gasteiger partial charge in [0.05, 0.1) is 0 Å². The van der Waals surface area contributed by atoms with Gasteiger partial charge < -0.3 is 27.0 Å². The molecule has 0 spiro atoms. The molecule has 1 aliphatic rings. The second-order valence-electron chi connectivity index (χ2n) is 5.80. The minimum absolute atomic E-state index is 0. The van der Waals surface area contributed by atoms with Gasteiger partial charge in [-0.05, 0) is 18.9 Å². The zero-order chi connectivity index (χ0) is 16.3. The van der Waals surface area contributed by atoms with Crippen LogP contribution in [0.2, 0.25) is 0 Å². The molecule has 0 aliphatic carbocycles. The van der Waals surface area contributed by atoms with E-state index in [1.807, 2.05) is 39.1 Å². The van der Waals surface area contributed by atoms with Gasteiger partial charge in [-0.25, -0.2) is 4.79 Å². The minimum Gasteiger partial charge on any atom is -1.00 e. The van der Waals surface area contributed by atoms with E-state index in [2.05, 4.69) is 4.57 Å². The van der Waals surface area contributed by atoms with Gasteiger partial charge in [-0.2, -0.15) is 4.57 Å². The van der Waals surface area contributed by atoms with Gasteiger partial charge >= 0.3 is 5.97 Å². The molecule has 7 heteroatoms. The average Bonchev–Trinajstić information content (AvgIpc) is 2.97. The fraction of sp³-hybridized carbons (Fsp3) is 0.562. The summed E-state index contributed by atoms with van der Waals surface area (Å²) in [4.78, 5) is 25.2. The van der Waals surface area contributed by atoms with Crippen LogP contribution >= 0.6 is 11.8 Å². The number of carbonyl (C=O) groups excluding carboxylic acids is 1. The van der Waals surface area contributed by atoms with Gasteiger partial charge in [0.25, 0.3) is 0 Å². The lowest BCUT2D eigenvalue weighted by Gasteiger charge is -2.24. The number of carbonyl (C=O) groups is 2. The van der Waals surface area contributed by atoms with Crippen LogP contribution in [0.15, 0.2) is 23.2 Å². The first kappa shape index (κ1) is 20.0. The molecule has 1 N–H and O–H groups in total. The summed E-state index contributed by atoms with van der Waals surface area (Å²) in [6.07, 6.45) is 1.34. The number of pyridine rings is 1. The first-order valence-electron chi connectivity index (χ1n) is 7.53. The van der Waals surface area contributed by atoms with Crippen LogP contribution in [0, 0.1) is 12.8 Å². The van der Waals surface area contributed by atoms with Crippen LogP contribution in [0.5, 0.6) is 0 Å². The molecule has 128 valence electrons. The highest BCUT2D eigenvalue weighted by molar-refractivity contribution is 7.99. The molecule has 2 heterocycles. The Labute approximate surface area is 151 Å². The molecule has 0 saturated carbocycles. The predicted octanol–water partition coefficient (Wildman–Crippen LogP) is -1.37. The van der Waals surface area contributed by atoms with E-state index in [1.54, 1.807) is 11.8 Å². The number of likely N-dealkylation sites (tertiary alicyclic amines) is 1. The summed E-state index contributed by atoms with van der Waals surface area (Å²) in [5, 5.41) is 10.3. The molecule has 1 aromatic heterocycles. The Balaban J connectivity index is 0.00000264. The molecule has 23 heavy (non-hydrogen) atoms. The Morgan fingerprint density at radius 1 is 1.48 bits per heavy atom. The predicted molar refractivity (Wildman–Crippen MR) is 84.6 cm³/mol. The summed E-state index contributed by atoms with van der Waals surface area (Å²) in [7, 11) is 2.01. The maximum absolute atomic E-state index is 12.5. The van der Waals surface area contributed by atoms with Crippen molar-refractivity contribution >= 4 is 23.6 Å². The number of aliphatic carboxylic acids is 1. The van der Waals surface area contributed by atoms with Crippen molar-refractivity contribution in [3.63, 3.8) is 0 Å². The van der Waals surface area contributed by atoms with Crippen LogP contribution in [-0.2, 0) is 16.6 Å². The number of carboxylic acids is 1. The van der Waals surface area contributed by atoms with Gasteiger partial charge in [0.15, 0.2) is 5.69 Å². The van der Waals surface area contributed by atoms with Crippen LogP contribution in [0.1, 0.15) is 25.5 Å². The number of thioether (sulfide) groups is 1. The maximum atomic E-state index is 12.5. The largest absolute Gasteiger partial charge is 1.00 e. The molecule has 2 atom stereocenters. The van der Waals surface area contributed by atoms with E-state index in [0.29, 0.717) is 18.7 Å². The molecule has 1 saturated heterocycles. The van der Waals surface area contributed by atoms with Crippen molar-refractivity contribution in [2.24, 2.45) is 13.0 Å². The van der Waals surface area contributed by atoms with Gasteiger partial charge in [-0.1, -0.05) is 18.7 Å². The summed E-state index contributed by atoms with van der Waals surface area (Å²) in [5.74, 6) is -0.479. The normalized spacial score (nSPS) is 18.4. The van der Waals surface area contributed by atoms with Crippen LogP contribution in [0.4, 0.5) is 0 Å². The van der Waals surface area contributed by atoms with E-state index in [4.69, 9.17) is 0 Å². The van der Waals surface area contributed by atoms with E-state index in [0.717, 1.165) is 17.1 Å². The van der Waals surface area contributed by atoms with E-state index >= 15 is 0 Å². The number of nitrogens with zero attached hydrogens (tertiary/aromatic N) is 2. The molecule has 1 aromatic rings. The lowest BCUT2D eigenvalue weighted by molar-refractivity contribution is -0.714. The first-order valence-corrected chi connectivity index (χ1v) is 8.52. The number of aryl methyl sites for hydroxylation is 1. The van der Waals surface area contributed by atoms with Gasteiger partial charge in [0.1, 0.15) is 13.1 Å². The fourth-order valence-corrected chi connectivity index (χ4v) is 3.74. The number of hydrogen-bond acceptors (Lipinski definition) is 3. The Morgan fingerprint density at radius 3 is 2.83 bits per heavy atom. The van der Waals surface area contributed by atoms with Crippen LogP contribution in [-0.4, -0.2) is 40.2 Å². The SMILES string of the molecule is Cc1cccc(SCC(C)C(=O)N2CCC[C@H]2C(=O)O)[n+]1C.[Br-]. The van der Waals surface area contributed by atoms with E-state index in [-0.39, 0.29) is 28.8 Å². The van der Waals surface area contributed by atoms with Gasteiger partial charge in [0.2, 0.25) is 10.9 Å². The quantitative estimate of drug-likeness (QED) is 0.487. The standard InChI is InChI=1S/C16H22N2O3S.BrH/c1-11(10-22-14-8-4-6-12(2)17(14)3)15(19)18-9-5-7-13(18)16(20)21;/h4,6,8,11,13H,5,7,9-10H2,1-3H3;1H/t11?,13-;/m0./s1. The van der Waals surface area contributed by atoms with Crippen molar-refractivity contribution in [1.82, 2.24) is 4.90 Å². The highest BCUT2D eigenvalue weighted by Crippen LogP contribution is 2.23. The molecule has 0 radical (unpaired) electrons. The molecule has 1 fully saturated rings. The van der Waals surface area contributed by atoms with Crippen molar-refractivity contribution in [1.29, 1.82) is 0 Å². The van der Waals surface area contributed by atoms with Crippen LogP contribution < -0.4 is 21.5 Å². The second-order valence-corrected chi connectivity index (χ2v) is 6.84. The molecule has 2 rings (SSSR count). The van der Waals surface area contributed by atoms with Gasteiger partial charge in [-0.3, -0.25) is 4.79 Å². The molecular weight excluding hydrogens is 380 g/mol. The summed E-state index contributed by atoms with van der Waals surface area (Å²) in [5.41, 5.74) is 1.16. The molecule has 5 nitrogen and oxygen atoms in total. The van der Waals surface area contributed by atoms with Crippen molar-refractivity contribution in [3.05, 3.63) is 23.9 Å². The van der Waals surface area contributed by atoms with Crippen molar-refractivity contribution in [2.75, 3.05) is 12.3 Å². The maximum Gasteiger partial charge on any atom is 0.326 e. The molecule has 1 aliphatic heterocycles. The third kappa shape index (κ3) is 4.70. The van der Waals surface area contributed by atoms with Crippen molar-refractivity contribution in [2.45, 2.75) is 37.8 Å². The summed E-state index contributed by atoms with van der Waals surface area (Å²) in [6, 6.07) is 5.44. The Bertz CT molecular complexity index is 582. The second kappa shape index (κ2) is 8.68. The molecular formula is C16H23BrN2O3S. The minimum atomic E-state index is -0.893. The Morgan fingerprint density at radius 2 is 2.17 bits per heavy atom. The summed E-state index contributed by atoms with van der Waals surface area (Å²) < 4.78 is 2.10. The molecule has 1 amide bonds. The number of amides is 1. The first-order chi connectivity index (χ1) is 10.4. The van der Waals surface area contributed by atoms with E-state index in [1.165, 1.54) is 4.90 Å². The molecule has 0 bridgehead atoms. The lowest BCUT2D eigenvalue weighted by atomic mass is 10.1. The fourth-order valence-electron chi connectivity index (χ4n) is 2.66. The number of hydrogen-bond donors (Lipinski definition) is 1. The van der Waals surface area contributed by atoms with E-state index in [9.17, 15) is 14.7 Å². The lowest BCUT2D eigenvalue weighted by Crippen LogP contribution is -3.00. The topological polar surface area (TPSA) is 61.5 Å². The number of halogens is 1. The van der Waals surface area contributed by atoms with Crippen molar-refractivity contribution in [3.8, 4) is 0 Å². The Kier molecular flexibility index (Phi) is 7.54. The smallest absolute Gasteiger partial charge is 0.326 e. The summed E-state index contributed by atoms with van der Waals surface area (Å²) >= 11 is 1.63. The highest BCUT2D eigenvalue weighted by atomic mass is 79.9. The average molecular weight is 403 g/mol. The molecule has 0 aromatic carbocycles.